The Hall–Kier alpha value is -1.68. The van der Waals surface area contributed by atoms with Crippen LogP contribution in [0, 0.1) is 0 Å². The van der Waals surface area contributed by atoms with Crippen molar-refractivity contribution in [2.75, 3.05) is 7.11 Å². The van der Waals surface area contributed by atoms with Crippen molar-refractivity contribution in [1.82, 2.24) is 10.3 Å². The Bertz CT molecular complexity index is 467. The summed E-state index contributed by atoms with van der Waals surface area (Å²) in [6.45, 7) is 0. The van der Waals surface area contributed by atoms with Gasteiger partial charge in [-0.1, -0.05) is 6.07 Å². The van der Waals surface area contributed by atoms with Crippen molar-refractivity contribution in [2.45, 2.75) is 12.1 Å². The van der Waals surface area contributed by atoms with Crippen molar-refractivity contribution in [1.29, 1.82) is 0 Å². The molecule has 2 atom stereocenters. The van der Waals surface area contributed by atoms with Gasteiger partial charge in [-0.05, 0) is 17.7 Å². The zero-order chi connectivity index (χ0) is 10.4. The standard InChI is InChI=1S/C11H10N2O2/c1-15-11(14)7-5-8-6(3-2-4-12-8)9-10(7)13-9/h2-5,9-10,13H,1H3. The van der Waals surface area contributed by atoms with E-state index in [1.807, 2.05) is 18.2 Å². The van der Waals surface area contributed by atoms with Gasteiger partial charge in [-0.25, -0.2) is 4.79 Å². The highest BCUT2D eigenvalue weighted by molar-refractivity contribution is 5.97. The normalized spacial score (nSPS) is 26.1. The van der Waals surface area contributed by atoms with Gasteiger partial charge in [0.05, 0.1) is 30.5 Å². The van der Waals surface area contributed by atoms with E-state index in [0.29, 0.717) is 5.57 Å². The van der Waals surface area contributed by atoms with Crippen LogP contribution in [0.1, 0.15) is 17.3 Å². The number of rotatable bonds is 1. The molecule has 0 aromatic carbocycles. The van der Waals surface area contributed by atoms with Crippen LogP contribution in [0.15, 0.2) is 23.9 Å². The van der Waals surface area contributed by atoms with Crippen LogP contribution in [0.2, 0.25) is 0 Å². The fourth-order valence-electron chi connectivity index (χ4n) is 2.03. The maximum Gasteiger partial charge on any atom is 0.335 e. The van der Waals surface area contributed by atoms with E-state index in [9.17, 15) is 4.79 Å². The molecule has 0 bridgehead atoms. The molecule has 0 radical (unpaired) electrons. The number of methoxy groups -OCH3 is 1. The quantitative estimate of drug-likeness (QED) is 0.537. The number of fused-ring (bicyclic) bond motifs is 3. The summed E-state index contributed by atoms with van der Waals surface area (Å²) in [6, 6.07) is 4.30. The fraction of sp³-hybridized carbons (Fsp3) is 0.273. The molecule has 2 heterocycles. The Kier molecular flexibility index (Phi) is 1.67. The van der Waals surface area contributed by atoms with Gasteiger partial charge >= 0.3 is 5.97 Å². The molecule has 0 saturated carbocycles. The molecule has 0 amide bonds. The summed E-state index contributed by atoms with van der Waals surface area (Å²) in [6.07, 6.45) is 3.54. The third-order valence-corrected chi connectivity index (χ3v) is 2.84. The molecule has 4 heteroatoms. The second-order valence-corrected chi connectivity index (χ2v) is 3.69. The number of nitrogens with zero attached hydrogens (tertiary/aromatic N) is 1. The van der Waals surface area contributed by atoms with E-state index >= 15 is 0 Å². The summed E-state index contributed by atoms with van der Waals surface area (Å²) >= 11 is 0. The minimum absolute atomic E-state index is 0.120. The highest BCUT2D eigenvalue weighted by Gasteiger charge is 2.46. The lowest BCUT2D eigenvalue weighted by Gasteiger charge is -2.10. The summed E-state index contributed by atoms with van der Waals surface area (Å²) in [5.41, 5.74) is 2.70. The van der Waals surface area contributed by atoms with Gasteiger partial charge in [0, 0.05) is 6.20 Å². The molecule has 1 aromatic heterocycles. The van der Waals surface area contributed by atoms with Crippen LogP contribution in [0.4, 0.5) is 0 Å². The maximum atomic E-state index is 11.5. The largest absolute Gasteiger partial charge is 0.466 e. The Morgan fingerprint density at radius 2 is 2.40 bits per heavy atom. The minimum atomic E-state index is -0.272. The van der Waals surface area contributed by atoms with Crippen LogP contribution in [0.25, 0.3) is 6.08 Å². The number of hydrogen-bond donors (Lipinski definition) is 1. The molecule has 3 rings (SSSR count). The number of carbonyl (C=O) groups is 1. The van der Waals surface area contributed by atoms with Gasteiger partial charge in [0.25, 0.3) is 0 Å². The number of aromatic nitrogens is 1. The van der Waals surface area contributed by atoms with Crippen molar-refractivity contribution in [3.8, 4) is 0 Å². The molecule has 1 aliphatic carbocycles. The van der Waals surface area contributed by atoms with Gasteiger partial charge in [0.2, 0.25) is 0 Å². The number of ether oxygens (including phenoxy) is 1. The van der Waals surface area contributed by atoms with Crippen molar-refractivity contribution < 1.29 is 9.53 Å². The van der Waals surface area contributed by atoms with E-state index < -0.39 is 0 Å². The van der Waals surface area contributed by atoms with Crippen LogP contribution in [-0.4, -0.2) is 24.1 Å². The van der Waals surface area contributed by atoms with Crippen LogP contribution in [0.5, 0.6) is 0 Å². The lowest BCUT2D eigenvalue weighted by atomic mass is 9.96. The first-order valence-electron chi connectivity index (χ1n) is 4.82. The highest BCUT2D eigenvalue weighted by atomic mass is 16.5. The second-order valence-electron chi connectivity index (χ2n) is 3.69. The summed E-state index contributed by atoms with van der Waals surface area (Å²) in [4.78, 5) is 15.7. The van der Waals surface area contributed by atoms with Crippen LogP contribution < -0.4 is 5.32 Å². The zero-order valence-corrected chi connectivity index (χ0v) is 8.23. The van der Waals surface area contributed by atoms with Crippen molar-refractivity contribution >= 4 is 12.0 Å². The van der Waals surface area contributed by atoms with Crippen LogP contribution >= 0.6 is 0 Å². The van der Waals surface area contributed by atoms with Crippen molar-refractivity contribution in [3.05, 3.63) is 35.2 Å². The predicted molar refractivity (Wildman–Crippen MR) is 53.9 cm³/mol. The SMILES string of the molecule is COC(=O)C1=Cc2ncccc2C2NC12. The van der Waals surface area contributed by atoms with E-state index in [2.05, 4.69) is 10.3 Å². The number of esters is 1. The molecule has 1 aromatic rings. The van der Waals surface area contributed by atoms with Crippen LogP contribution in [0.3, 0.4) is 0 Å². The van der Waals surface area contributed by atoms with Gasteiger partial charge in [0.1, 0.15) is 0 Å². The third kappa shape index (κ3) is 1.18. The smallest absolute Gasteiger partial charge is 0.335 e. The maximum absolute atomic E-state index is 11.5. The molecule has 1 aliphatic heterocycles. The molecule has 15 heavy (non-hydrogen) atoms. The second kappa shape index (κ2) is 2.90. The van der Waals surface area contributed by atoms with Gasteiger partial charge in [0.15, 0.2) is 0 Å². The number of hydrogen-bond acceptors (Lipinski definition) is 4. The van der Waals surface area contributed by atoms with Crippen molar-refractivity contribution in [3.63, 3.8) is 0 Å². The summed E-state index contributed by atoms with van der Waals surface area (Å²) in [7, 11) is 1.40. The topological polar surface area (TPSA) is 61.1 Å². The molecule has 1 saturated heterocycles. The van der Waals surface area contributed by atoms with E-state index in [1.54, 1.807) is 6.20 Å². The Labute approximate surface area is 87.0 Å². The lowest BCUT2D eigenvalue weighted by molar-refractivity contribution is -0.136. The third-order valence-electron chi connectivity index (χ3n) is 2.84. The Morgan fingerprint density at radius 3 is 3.20 bits per heavy atom. The van der Waals surface area contributed by atoms with E-state index in [0.717, 1.165) is 11.3 Å². The van der Waals surface area contributed by atoms with Gasteiger partial charge in [-0.2, -0.15) is 0 Å². The summed E-state index contributed by atoms with van der Waals surface area (Å²) in [5.74, 6) is -0.272. The minimum Gasteiger partial charge on any atom is -0.466 e. The fourth-order valence-corrected chi connectivity index (χ4v) is 2.03. The highest BCUT2D eigenvalue weighted by Crippen LogP contribution is 2.41. The number of pyridine rings is 1. The van der Waals surface area contributed by atoms with Gasteiger partial charge in [-0.15, -0.1) is 0 Å². The molecule has 76 valence electrons. The molecule has 4 nitrogen and oxygen atoms in total. The Morgan fingerprint density at radius 1 is 1.53 bits per heavy atom. The van der Waals surface area contributed by atoms with E-state index in [4.69, 9.17) is 4.74 Å². The molecule has 0 spiro atoms. The average Bonchev–Trinajstić information content (AvgIpc) is 3.07. The first kappa shape index (κ1) is 8.61. The molecule has 1 N–H and O–H groups in total. The summed E-state index contributed by atoms with van der Waals surface area (Å²) < 4.78 is 4.73. The van der Waals surface area contributed by atoms with E-state index in [-0.39, 0.29) is 18.1 Å². The molecular weight excluding hydrogens is 192 g/mol. The molecule has 1 fully saturated rings. The van der Waals surface area contributed by atoms with Crippen molar-refractivity contribution in [2.24, 2.45) is 0 Å². The van der Waals surface area contributed by atoms with Crippen LogP contribution in [-0.2, 0) is 9.53 Å². The first-order chi connectivity index (χ1) is 7.31. The first-order valence-corrected chi connectivity index (χ1v) is 4.82. The van der Waals surface area contributed by atoms with Gasteiger partial charge in [-0.3, -0.25) is 10.3 Å². The zero-order valence-electron chi connectivity index (χ0n) is 8.23. The number of carbonyl (C=O) groups excluding carboxylic acids is 1. The predicted octanol–water partition coefficient (Wildman–Crippen LogP) is 0.664. The molecular formula is C11H10N2O2. The number of nitrogens with one attached hydrogen (secondary N) is 1. The molecule has 2 unspecified atom stereocenters. The lowest BCUT2D eigenvalue weighted by Crippen LogP contribution is -2.14. The van der Waals surface area contributed by atoms with Gasteiger partial charge < -0.3 is 4.74 Å². The molecule has 2 aliphatic rings. The van der Waals surface area contributed by atoms with E-state index in [1.165, 1.54) is 7.11 Å². The monoisotopic (exact) mass is 202 g/mol. The average molecular weight is 202 g/mol. The Balaban J connectivity index is 2.08. The summed E-state index contributed by atoms with van der Waals surface area (Å²) in [5, 5.41) is 3.24.